The van der Waals surface area contributed by atoms with Gasteiger partial charge in [0.15, 0.2) is 0 Å². The molecule has 26 heavy (non-hydrogen) atoms. The van der Waals surface area contributed by atoms with Gasteiger partial charge >= 0.3 is 0 Å². The first-order chi connectivity index (χ1) is 12.6. The quantitative estimate of drug-likeness (QED) is 0.724. The molecular weight excluding hydrogens is 387 g/mol. The molecule has 1 heterocycles. The third-order valence-corrected chi connectivity index (χ3v) is 6.75. The third kappa shape index (κ3) is 3.67. The molecule has 1 aromatic carbocycles. The Bertz CT molecular complexity index is 837. The Kier molecular flexibility index (Phi) is 6.04. The number of dihydropyridines is 1. The number of hydrogen-bond donors (Lipinski definition) is 2. The second kappa shape index (κ2) is 8.27. The van der Waals surface area contributed by atoms with Crippen molar-refractivity contribution in [3.05, 3.63) is 55.8 Å². The van der Waals surface area contributed by atoms with E-state index < -0.39 is 5.92 Å². The lowest BCUT2D eigenvalue weighted by atomic mass is 9.84. The number of allylic oxidation sites excluding steroid dienone is 2. The number of halogens is 2. The molecule has 1 aliphatic carbocycles. The van der Waals surface area contributed by atoms with Crippen LogP contribution in [0.2, 0.25) is 10.0 Å². The minimum atomic E-state index is -0.654. The Hall–Kier alpha value is -1.79. The van der Waals surface area contributed by atoms with Gasteiger partial charge in [-0.2, -0.15) is 10.5 Å². The highest BCUT2D eigenvalue weighted by Gasteiger charge is 2.35. The van der Waals surface area contributed by atoms with Crippen LogP contribution in [-0.4, -0.2) is 5.25 Å². The summed E-state index contributed by atoms with van der Waals surface area (Å²) in [6.07, 6.45) is 5.87. The van der Waals surface area contributed by atoms with Gasteiger partial charge in [-0.15, -0.1) is 11.8 Å². The Morgan fingerprint density at radius 3 is 2.23 bits per heavy atom. The molecule has 0 saturated heterocycles. The van der Waals surface area contributed by atoms with Gasteiger partial charge in [-0.05, 0) is 25.0 Å². The number of thioether (sulfide) groups is 1. The van der Waals surface area contributed by atoms with E-state index in [0.29, 0.717) is 31.5 Å². The molecule has 1 unspecified atom stereocenters. The molecule has 1 fully saturated rings. The lowest BCUT2D eigenvalue weighted by Crippen LogP contribution is -2.30. The van der Waals surface area contributed by atoms with Crippen LogP contribution in [0.15, 0.2) is 40.2 Å². The summed E-state index contributed by atoms with van der Waals surface area (Å²) in [5.41, 5.74) is 7.40. The number of hydrogen-bond acceptors (Lipinski definition) is 5. The topological polar surface area (TPSA) is 85.6 Å². The Balaban J connectivity index is 2.09. The number of nitrogens with two attached hydrogens (primary N) is 1. The summed E-state index contributed by atoms with van der Waals surface area (Å²) in [7, 11) is 0. The Labute approximate surface area is 167 Å². The third-order valence-electron chi connectivity index (χ3n) is 4.73. The highest BCUT2D eigenvalue weighted by atomic mass is 35.5. The van der Waals surface area contributed by atoms with Gasteiger partial charge in [0, 0.05) is 20.9 Å². The van der Waals surface area contributed by atoms with Crippen molar-refractivity contribution in [2.75, 3.05) is 0 Å². The van der Waals surface area contributed by atoms with Gasteiger partial charge in [0.25, 0.3) is 0 Å². The van der Waals surface area contributed by atoms with E-state index in [-0.39, 0.29) is 11.4 Å². The average molecular weight is 405 g/mol. The van der Waals surface area contributed by atoms with Gasteiger partial charge < -0.3 is 11.1 Å². The molecule has 0 bridgehead atoms. The van der Waals surface area contributed by atoms with E-state index in [1.54, 1.807) is 30.0 Å². The van der Waals surface area contributed by atoms with Crippen molar-refractivity contribution in [2.45, 2.75) is 43.3 Å². The molecule has 4 nitrogen and oxygen atoms in total. The fourth-order valence-electron chi connectivity index (χ4n) is 3.45. The van der Waals surface area contributed by atoms with E-state index >= 15 is 0 Å². The highest BCUT2D eigenvalue weighted by Crippen LogP contribution is 2.46. The molecule has 1 aromatic rings. The fraction of sp³-hybridized carbons (Fsp3) is 0.368. The number of benzene rings is 1. The minimum Gasteiger partial charge on any atom is -0.384 e. The molecule has 7 heteroatoms. The summed E-state index contributed by atoms with van der Waals surface area (Å²) in [5, 5.41) is 24.6. The van der Waals surface area contributed by atoms with E-state index in [0.717, 1.165) is 12.8 Å². The zero-order valence-electron chi connectivity index (χ0n) is 14.1. The summed E-state index contributed by atoms with van der Waals surface area (Å²) in [6.45, 7) is 0. The lowest BCUT2D eigenvalue weighted by molar-refractivity contribution is 0.516. The van der Waals surface area contributed by atoms with E-state index in [1.807, 2.05) is 0 Å². The second-order valence-electron chi connectivity index (χ2n) is 6.36. The van der Waals surface area contributed by atoms with Crippen molar-refractivity contribution in [3.8, 4) is 12.1 Å². The van der Waals surface area contributed by atoms with Crippen LogP contribution in [0.4, 0.5) is 0 Å². The molecular formula is C19H18Cl2N4S. The second-order valence-corrected chi connectivity index (χ2v) is 8.49. The Morgan fingerprint density at radius 1 is 1.04 bits per heavy atom. The molecule has 1 aliphatic heterocycles. The predicted molar refractivity (Wildman–Crippen MR) is 106 cm³/mol. The molecule has 1 saturated carbocycles. The van der Waals surface area contributed by atoms with Gasteiger partial charge in [0.1, 0.15) is 5.82 Å². The van der Waals surface area contributed by atoms with Crippen LogP contribution in [0.3, 0.4) is 0 Å². The zero-order valence-corrected chi connectivity index (χ0v) is 16.4. The Morgan fingerprint density at radius 2 is 1.65 bits per heavy atom. The summed E-state index contributed by atoms with van der Waals surface area (Å²) in [4.78, 5) is 0. The SMILES string of the molecule is N#CC1=C(N)NC(SC2CCCCC2)=C(C#N)C1c1c(Cl)cccc1Cl. The summed E-state index contributed by atoms with van der Waals surface area (Å²) in [5.74, 6) is -0.399. The molecule has 3 N–H and O–H groups in total. The molecule has 0 radical (unpaired) electrons. The monoisotopic (exact) mass is 404 g/mol. The van der Waals surface area contributed by atoms with Crippen LogP contribution >= 0.6 is 35.0 Å². The molecule has 1 atom stereocenters. The van der Waals surface area contributed by atoms with Crippen molar-refractivity contribution in [2.24, 2.45) is 5.73 Å². The first-order valence-electron chi connectivity index (χ1n) is 8.48. The van der Waals surface area contributed by atoms with Crippen molar-refractivity contribution >= 4 is 35.0 Å². The predicted octanol–water partition coefficient (Wildman–Crippen LogP) is 5.18. The van der Waals surface area contributed by atoms with Crippen LogP contribution in [0, 0.1) is 22.7 Å². The van der Waals surface area contributed by atoms with Gasteiger partial charge in [-0.3, -0.25) is 0 Å². The van der Waals surface area contributed by atoms with Crippen LogP contribution in [0.25, 0.3) is 0 Å². The molecule has 134 valence electrons. The normalized spacial score (nSPS) is 21.2. The van der Waals surface area contributed by atoms with E-state index in [9.17, 15) is 10.5 Å². The lowest BCUT2D eigenvalue weighted by Gasteiger charge is -2.30. The first kappa shape index (κ1) is 19.0. The van der Waals surface area contributed by atoms with Crippen LogP contribution in [0.5, 0.6) is 0 Å². The maximum absolute atomic E-state index is 9.88. The van der Waals surface area contributed by atoms with Crippen molar-refractivity contribution in [1.29, 1.82) is 10.5 Å². The standard InChI is InChI=1S/C19H18Cl2N4S/c20-14-7-4-8-15(21)17(14)16-12(9-22)18(24)25-19(13(16)10-23)26-11-5-2-1-3-6-11/h4,7-8,11,16,25H,1-3,5-6,24H2. The maximum Gasteiger partial charge on any atom is 0.116 e. The number of rotatable bonds is 3. The molecule has 2 aliphatic rings. The van der Waals surface area contributed by atoms with Crippen molar-refractivity contribution < 1.29 is 0 Å². The molecule has 0 aromatic heterocycles. The number of nitrogens with zero attached hydrogens (tertiary/aromatic N) is 2. The smallest absolute Gasteiger partial charge is 0.116 e. The minimum absolute atomic E-state index is 0.255. The van der Waals surface area contributed by atoms with Crippen molar-refractivity contribution in [3.63, 3.8) is 0 Å². The highest BCUT2D eigenvalue weighted by molar-refractivity contribution is 8.03. The summed E-state index contributed by atoms with van der Waals surface area (Å²) in [6, 6.07) is 9.55. The van der Waals surface area contributed by atoms with E-state index in [2.05, 4.69) is 17.5 Å². The van der Waals surface area contributed by atoms with E-state index in [4.69, 9.17) is 28.9 Å². The zero-order chi connectivity index (χ0) is 18.7. The van der Waals surface area contributed by atoms with Gasteiger partial charge in [-0.1, -0.05) is 48.5 Å². The molecule has 3 rings (SSSR count). The van der Waals surface area contributed by atoms with Crippen LogP contribution in [0.1, 0.15) is 43.6 Å². The van der Waals surface area contributed by atoms with Gasteiger partial charge in [0.2, 0.25) is 0 Å². The van der Waals surface area contributed by atoms with Gasteiger partial charge in [0.05, 0.1) is 34.2 Å². The van der Waals surface area contributed by atoms with Crippen LogP contribution < -0.4 is 11.1 Å². The number of nitriles is 2. The fourth-order valence-corrected chi connectivity index (χ4v) is 5.42. The van der Waals surface area contributed by atoms with Crippen LogP contribution in [-0.2, 0) is 0 Å². The summed E-state index contributed by atoms with van der Waals surface area (Å²) >= 11 is 14.4. The number of nitrogens with one attached hydrogen (secondary N) is 1. The van der Waals surface area contributed by atoms with Crippen molar-refractivity contribution in [1.82, 2.24) is 5.32 Å². The molecule has 0 amide bonds. The summed E-state index contributed by atoms with van der Waals surface area (Å²) < 4.78 is 0. The average Bonchev–Trinajstić information content (AvgIpc) is 2.62. The first-order valence-corrected chi connectivity index (χ1v) is 10.1. The maximum atomic E-state index is 9.88. The van der Waals surface area contributed by atoms with E-state index in [1.165, 1.54) is 19.3 Å². The molecule has 0 spiro atoms. The van der Waals surface area contributed by atoms with Gasteiger partial charge in [-0.25, -0.2) is 0 Å². The largest absolute Gasteiger partial charge is 0.384 e.